The van der Waals surface area contributed by atoms with E-state index in [0.29, 0.717) is 38.1 Å². The van der Waals surface area contributed by atoms with Crippen molar-refractivity contribution < 1.29 is 14.3 Å². The number of carbonyl (C=O) groups is 1. The molecule has 2 fully saturated rings. The fraction of sp³-hybridized carbons (Fsp3) is 0.933. The van der Waals surface area contributed by atoms with Gasteiger partial charge in [-0.15, -0.1) is 12.4 Å². The molecule has 2 aliphatic heterocycles. The molecule has 0 radical (unpaired) electrons. The first-order chi connectivity index (χ1) is 9.51. The highest BCUT2D eigenvalue weighted by molar-refractivity contribution is 5.86. The zero-order valence-corrected chi connectivity index (χ0v) is 14.0. The van der Waals surface area contributed by atoms with Crippen molar-refractivity contribution in [3.8, 4) is 0 Å². The van der Waals surface area contributed by atoms with Crippen molar-refractivity contribution in [1.29, 1.82) is 0 Å². The third-order valence-electron chi connectivity index (χ3n) is 4.21. The van der Waals surface area contributed by atoms with Gasteiger partial charge in [-0.05, 0) is 31.6 Å². The van der Waals surface area contributed by atoms with E-state index in [2.05, 4.69) is 13.8 Å². The first kappa shape index (κ1) is 18.7. The van der Waals surface area contributed by atoms with Crippen molar-refractivity contribution >= 4 is 18.3 Å². The van der Waals surface area contributed by atoms with Gasteiger partial charge in [0.15, 0.2) is 0 Å². The molecular weight excluding hydrogens is 292 g/mol. The van der Waals surface area contributed by atoms with Crippen LogP contribution in [0.3, 0.4) is 0 Å². The Kier molecular flexibility index (Phi) is 7.40. The average Bonchev–Trinajstić information content (AvgIpc) is 2.45. The highest BCUT2D eigenvalue weighted by Gasteiger charge is 2.39. The van der Waals surface area contributed by atoms with E-state index in [1.807, 2.05) is 4.90 Å². The van der Waals surface area contributed by atoms with Crippen LogP contribution in [0.1, 0.15) is 39.5 Å². The summed E-state index contributed by atoms with van der Waals surface area (Å²) >= 11 is 0. The van der Waals surface area contributed by atoms with Crippen LogP contribution >= 0.6 is 12.4 Å². The Morgan fingerprint density at radius 1 is 1.33 bits per heavy atom. The monoisotopic (exact) mass is 320 g/mol. The minimum Gasteiger partial charge on any atom is -0.381 e. The molecule has 5 nitrogen and oxygen atoms in total. The Labute approximate surface area is 133 Å². The van der Waals surface area contributed by atoms with Gasteiger partial charge in [-0.1, -0.05) is 13.8 Å². The van der Waals surface area contributed by atoms with E-state index in [1.165, 1.54) is 0 Å². The van der Waals surface area contributed by atoms with Crippen molar-refractivity contribution in [2.45, 2.75) is 51.2 Å². The minimum absolute atomic E-state index is 0. The van der Waals surface area contributed by atoms with Gasteiger partial charge in [0.05, 0.1) is 11.6 Å². The Hall–Kier alpha value is -0.360. The van der Waals surface area contributed by atoms with Crippen molar-refractivity contribution in [3.05, 3.63) is 0 Å². The second-order valence-electron chi connectivity index (χ2n) is 6.49. The number of likely N-dealkylation sites (tertiary alicyclic amines) is 1. The van der Waals surface area contributed by atoms with E-state index in [4.69, 9.17) is 15.2 Å². The van der Waals surface area contributed by atoms with Crippen molar-refractivity contribution in [2.24, 2.45) is 11.7 Å². The summed E-state index contributed by atoms with van der Waals surface area (Å²) < 4.78 is 11.2. The second-order valence-corrected chi connectivity index (χ2v) is 6.49. The van der Waals surface area contributed by atoms with E-state index >= 15 is 0 Å². The summed E-state index contributed by atoms with van der Waals surface area (Å²) in [5.41, 5.74) is 5.56. The van der Waals surface area contributed by atoms with E-state index < -0.39 is 5.54 Å². The number of nitrogens with zero attached hydrogens (tertiary/aromatic N) is 1. The molecule has 0 saturated carbocycles. The molecule has 2 heterocycles. The second kappa shape index (κ2) is 8.32. The van der Waals surface area contributed by atoms with Gasteiger partial charge in [0.25, 0.3) is 0 Å². The number of ether oxygens (including phenoxy) is 2. The van der Waals surface area contributed by atoms with Gasteiger partial charge >= 0.3 is 0 Å². The molecule has 21 heavy (non-hydrogen) atoms. The molecule has 6 heteroatoms. The number of hydrogen-bond donors (Lipinski definition) is 1. The van der Waals surface area contributed by atoms with Gasteiger partial charge in [-0.3, -0.25) is 4.79 Å². The standard InChI is InChI=1S/C15H28N2O3.ClH/c1-12(2)11-20-13-3-7-17(8-4-13)14(18)15(16)5-9-19-10-6-15;/h12-13H,3-11,16H2,1-2H3;1H. The lowest BCUT2D eigenvalue weighted by Gasteiger charge is -2.39. The maximum Gasteiger partial charge on any atom is 0.242 e. The highest BCUT2D eigenvalue weighted by atomic mass is 35.5. The summed E-state index contributed by atoms with van der Waals surface area (Å²) in [6.07, 6.45) is 3.41. The Morgan fingerprint density at radius 2 is 1.90 bits per heavy atom. The third kappa shape index (κ3) is 5.09. The number of nitrogens with two attached hydrogens (primary N) is 1. The molecule has 0 bridgehead atoms. The van der Waals surface area contributed by atoms with Gasteiger partial charge in [-0.25, -0.2) is 0 Å². The van der Waals surface area contributed by atoms with Crippen LogP contribution in [0, 0.1) is 5.92 Å². The molecule has 0 aromatic rings. The minimum atomic E-state index is -0.704. The number of piperidine rings is 1. The van der Waals surface area contributed by atoms with Gasteiger partial charge in [0.2, 0.25) is 5.91 Å². The smallest absolute Gasteiger partial charge is 0.242 e. The Bertz CT molecular complexity index is 325. The predicted octanol–water partition coefficient (Wildman–Crippen LogP) is 1.58. The summed E-state index contributed by atoms with van der Waals surface area (Å²) in [6, 6.07) is 0. The molecule has 0 atom stereocenters. The first-order valence-corrected chi connectivity index (χ1v) is 7.79. The highest BCUT2D eigenvalue weighted by Crippen LogP contribution is 2.23. The molecule has 2 N–H and O–H groups in total. The summed E-state index contributed by atoms with van der Waals surface area (Å²) in [5, 5.41) is 0. The van der Waals surface area contributed by atoms with Crippen LogP contribution in [0.2, 0.25) is 0 Å². The largest absolute Gasteiger partial charge is 0.381 e. The normalized spacial score (nSPS) is 23.0. The predicted molar refractivity (Wildman–Crippen MR) is 84.6 cm³/mol. The zero-order chi connectivity index (χ0) is 14.6. The number of carbonyl (C=O) groups excluding carboxylic acids is 1. The van der Waals surface area contributed by atoms with E-state index in [0.717, 1.165) is 32.5 Å². The lowest BCUT2D eigenvalue weighted by atomic mass is 9.89. The molecule has 2 aliphatic rings. The zero-order valence-electron chi connectivity index (χ0n) is 13.2. The van der Waals surface area contributed by atoms with Crippen LogP contribution in [0.5, 0.6) is 0 Å². The molecule has 1 amide bonds. The topological polar surface area (TPSA) is 64.8 Å². The van der Waals surface area contributed by atoms with E-state index in [-0.39, 0.29) is 18.3 Å². The molecule has 124 valence electrons. The van der Waals surface area contributed by atoms with Crippen LogP contribution in [-0.4, -0.2) is 55.4 Å². The fourth-order valence-electron chi connectivity index (χ4n) is 2.82. The van der Waals surface area contributed by atoms with Crippen molar-refractivity contribution in [2.75, 3.05) is 32.9 Å². The molecule has 2 saturated heterocycles. The summed E-state index contributed by atoms with van der Waals surface area (Å²) in [5.74, 6) is 0.660. The number of hydrogen-bond acceptors (Lipinski definition) is 4. The number of halogens is 1. The quantitative estimate of drug-likeness (QED) is 0.854. The van der Waals surface area contributed by atoms with Crippen molar-refractivity contribution in [3.63, 3.8) is 0 Å². The van der Waals surface area contributed by atoms with Crippen LogP contribution in [0.15, 0.2) is 0 Å². The van der Waals surface area contributed by atoms with Crippen LogP contribution in [0.4, 0.5) is 0 Å². The number of rotatable bonds is 4. The van der Waals surface area contributed by atoms with Gasteiger partial charge in [-0.2, -0.15) is 0 Å². The van der Waals surface area contributed by atoms with Gasteiger partial charge < -0.3 is 20.1 Å². The Morgan fingerprint density at radius 3 is 2.43 bits per heavy atom. The molecule has 0 aliphatic carbocycles. The molecule has 2 rings (SSSR count). The average molecular weight is 321 g/mol. The lowest BCUT2D eigenvalue weighted by Crippen LogP contribution is -2.59. The van der Waals surface area contributed by atoms with Crippen LogP contribution in [-0.2, 0) is 14.3 Å². The summed E-state index contributed by atoms with van der Waals surface area (Å²) in [6.45, 7) is 7.83. The third-order valence-corrected chi connectivity index (χ3v) is 4.21. The van der Waals surface area contributed by atoms with Gasteiger partial charge in [0, 0.05) is 32.9 Å². The maximum absolute atomic E-state index is 12.6. The molecule has 0 aromatic carbocycles. The van der Waals surface area contributed by atoms with E-state index in [1.54, 1.807) is 0 Å². The molecule has 0 spiro atoms. The van der Waals surface area contributed by atoms with Gasteiger partial charge in [0.1, 0.15) is 0 Å². The Balaban J connectivity index is 0.00000220. The number of amides is 1. The molecule has 0 unspecified atom stereocenters. The summed E-state index contributed by atoms with van der Waals surface area (Å²) in [7, 11) is 0. The maximum atomic E-state index is 12.6. The summed E-state index contributed by atoms with van der Waals surface area (Å²) in [4.78, 5) is 14.5. The fourth-order valence-corrected chi connectivity index (χ4v) is 2.82. The van der Waals surface area contributed by atoms with Crippen molar-refractivity contribution in [1.82, 2.24) is 4.90 Å². The van der Waals surface area contributed by atoms with E-state index in [9.17, 15) is 4.79 Å². The van der Waals surface area contributed by atoms with Crippen LogP contribution < -0.4 is 5.73 Å². The lowest BCUT2D eigenvalue weighted by molar-refractivity contribution is -0.143. The SMILES string of the molecule is CC(C)COC1CCN(C(=O)C2(N)CCOCC2)CC1.Cl. The molecular formula is C15H29ClN2O3. The first-order valence-electron chi connectivity index (χ1n) is 7.79. The molecule has 0 aromatic heterocycles. The van der Waals surface area contributed by atoms with Crippen LogP contribution in [0.25, 0.3) is 0 Å².